The van der Waals surface area contributed by atoms with Crippen LogP contribution in [-0.4, -0.2) is 32.0 Å². The van der Waals surface area contributed by atoms with Crippen molar-refractivity contribution in [3.8, 4) is 0 Å². The van der Waals surface area contributed by atoms with Crippen molar-refractivity contribution in [2.45, 2.75) is 66.2 Å². The summed E-state index contributed by atoms with van der Waals surface area (Å²) in [6, 6.07) is 16.3. The van der Waals surface area contributed by atoms with Gasteiger partial charge in [0.25, 0.3) is 0 Å². The van der Waals surface area contributed by atoms with E-state index in [1.54, 1.807) is 0 Å². The van der Waals surface area contributed by atoms with Gasteiger partial charge in [-0.2, -0.15) is 0 Å². The van der Waals surface area contributed by atoms with E-state index in [9.17, 15) is 4.79 Å². The number of unbranched alkanes of at least 4 members (excludes halogenated alkanes) is 2. The summed E-state index contributed by atoms with van der Waals surface area (Å²) in [6.07, 6.45) is 7.04. The fourth-order valence-corrected chi connectivity index (χ4v) is 3.79. The van der Waals surface area contributed by atoms with Crippen LogP contribution in [0.3, 0.4) is 0 Å². The van der Waals surface area contributed by atoms with Crippen molar-refractivity contribution < 1.29 is 4.79 Å². The Hall–Kier alpha value is -2.29. The van der Waals surface area contributed by atoms with E-state index in [0.717, 1.165) is 50.1 Å². The van der Waals surface area contributed by atoms with Crippen molar-refractivity contribution >= 4 is 17.2 Å². The topological polar surface area (TPSA) is 23.6 Å². The fourth-order valence-electron chi connectivity index (χ4n) is 3.79. The Kier molecular flexibility index (Phi) is 10.5. The number of carbonyl (C=O) groups excluding carboxylic acids is 1. The van der Waals surface area contributed by atoms with E-state index in [2.05, 4.69) is 61.8 Å². The minimum atomic E-state index is 0.0966. The minimum absolute atomic E-state index is 0.0966. The van der Waals surface area contributed by atoms with Crippen LogP contribution in [0.4, 0.5) is 11.4 Å². The summed E-state index contributed by atoms with van der Waals surface area (Å²) in [5, 5.41) is 0. The van der Waals surface area contributed by atoms with Gasteiger partial charge in [-0.15, -0.1) is 0 Å². The second kappa shape index (κ2) is 13.1. The summed E-state index contributed by atoms with van der Waals surface area (Å²) in [6.45, 7) is 13.1. The lowest BCUT2D eigenvalue weighted by atomic mass is 10.0. The van der Waals surface area contributed by atoms with Gasteiger partial charge in [-0.25, -0.2) is 0 Å². The van der Waals surface area contributed by atoms with Gasteiger partial charge >= 0.3 is 0 Å². The summed E-state index contributed by atoms with van der Waals surface area (Å²) < 4.78 is 0. The lowest BCUT2D eigenvalue weighted by Gasteiger charge is -2.24. The van der Waals surface area contributed by atoms with Crippen molar-refractivity contribution in [2.75, 3.05) is 36.0 Å². The zero-order valence-electron chi connectivity index (χ0n) is 19.5. The number of carbonyl (C=O) groups is 1. The van der Waals surface area contributed by atoms with E-state index < -0.39 is 0 Å². The van der Waals surface area contributed by atoms with Crippen molar-refractivity contribution in [1.82, 2.24) is 0 Å². The third-order valence-electron chi connectivity index (χ3n) is 5.54. The van der Waals surface area contributed by atoms with E-state index >= 15 is 0 Å². The van der Waals surface area contributed by atoms with Crippen LogP contribution in [0.1, 0.15) is 82.1 Å². The van der Waals surface area contributed by atoms with E-state index in [-0.39, 0.29) is 5.78 Å². The molecule has 0 heterocycles. The Balaban J connectivity index is 2.10. The van der Waals surface area contributed by atoms with Crippen molar-refractivity contribution in [3.63, 3.8) is 0 Å². The largest absolute Gasteiger partial charge is 0.372 e. The molecule has 0 aliphatic rings. The van der Waals surface area contributed by atoms with Gasteiger partial charge in [0.2, 0.25) is 0 Å². The maximum Gasteiger partial charge on any atom is 0.193 e. The smallest absolute Gasteiger partial charge is 0.193 e. The summed E-state index contributed by atoms with van der Waals surface area (Å²) in [5.74, 6) is 0.0966. The number of rotatable bonds is 14. The Labute approximate surface area is 184 Å². The molecule has 0 atom stereocenters. The third-order valence-corrected chi connectivity index (χ3v) is 5.54. The zero-order valence-corrected chi connectivity index (χ0v) is 19.5. The lowest BCUT2D eigenvalue weighted by Crippen LogP contribution is -2.25. The molecule has 0 aromatic heterocycles. The number of ketones is 1. The second-order valence-corrected chi connectivity index (χ2v) is 8.10. The van der Waals surface area contributed by atoms with Crippen molar-refractivity contribution in [1.29, 1.82) is 0 Å². The first kappa shape index (κ1) is 24.0. The molecule has 30 heavy (non-hydrogen) atoms. The van der Waals surface area contributed by atoms with Gasteiger partial charge < -0.3 is 9.80 Å². The highest BCUT2D eigenvalue weighted by Gasteiger charge is 2.12. The van der Waals surface area contributed by atoms with Gasteiger partial charge in [-0.05, 0) is 74.2 Å². The second-order valence-electron chi connectivity index (χ2n) is 8.10. The molecule has 0 aliphatic carbocycles. The standard InChI is InChI=1S/C27H40N2O/c1-5-9-21-28(19-7-3)25-15-11-23(12-16-25)27(30)24-13-17-26(18-14-24)29(20-8-4)22-10-6-2/h11-18H,5-10,19-22H2,1-4H3. The molecule has 0 bridgehead atoms. The normalized spacial score (nSPS) is 10.8. The predicted molar refractivity (Wildman–Crippen MR) is 131 cm³/mol. The SMILES string of the molecule is CCCCN(CCC)c1ccc(C(=O)c2ccc(N(CCC)CCCC)cc2)cc1. The Morgan fingerprint density at radius 2 is 0.933 bits per heavy atom. The molecule has 3 heteroatoms. The number of benzene rings is 2. The number of anilines is 2. The summed E-state index contributed by atoms with van der Waals surface area (Å²) in [4.78, 5) is 17.8. The summed E-state index contributed by atoms with van der Waals surface area (Å²) in [5.41, 5.74) is 3.94. The van der Waals surface area contributed by atoms with Crippen LogP contribution >= 0.6 is 0 Å². The van der Waals surface area contributed by atoms with Crippen LogP contribution in [0.25, 0.3) is 0 Å². The molecule has 2 aromatic rings. The molecule has 0 unspecified atom stereocenters. The van der Waals surface area contributed by atoms with Crippen LogP contribution in [0.5, 0.6) is 0 Å². The number of hydrogen-bond donors (Lipinski definition) is 0. The minimum Gasteiger partial charge on any atom is -0.372 e. The molecule has 0 radical (unpaired) electrons. The molecular weight excluding hydrogens is 368 g/mol. The Morgan fingerprint density at radius 3 is 1.23 bits per heavy atom. The zero-order chi connectivity index (χ0) is 21.8. The van der Waals surface area contributed by atoms with Crippen molar-refractivity contribution in [2.24, 2.45) is 0 Å². The molecule has 0 saturated heterocycles. The fraction of sp³-hybridized carbons (Fsp3) is 0.519. The number of hydrogen-bond acceptors (Lipinski definition) is 3. The Morgan fingerprint density at radius 1 is 0.567 bits per heavy atom. The molecule has 0 spiro atoms. The highest BCUT2D eigenvalue weighted by molar-refractivity contribution is 6.09. The predicted octanol–water partition coefficient (Wildman–Crippen LogP) is 6.95. The van der Waals surface area contributed by atoms with Gasteiger partial charge in [-0.3, -0.25) is 4.79 Å². The first-order chi connectivity index (χ1) is 14.6. The average molecular weight is 409 g/mol. The van der Waals surface area contributed by atoms with Gasteiger partial charge in [0.05, 0.1) is 0 Å². The molecule has 0 saturated carbocycles. The molecule has 0 fully saturated rings. The first-order valence-corrected chi connectivity index (χ1v) is 11.9. The van der Waals surface area contributed by atoms with E-state index in [0.29, 0.717) is 0 Å². The Bertz CT molecular complexity index is 673. The molecule has 0 amide bonds. The molecule has 0 aliphatic heterocycles. The molecule has 2 rings (SSSR count). The quantitative estimate of drug-likeness (QED) is 0.316. The third kappa shape index (κ3) is 6.90. The number of nitrogens with zero attached hydrogens (tertiary/aromatic N) is 2. The van der Waals surface area contributed by atoms with Crippen LogP contribution in [0, 0.1) is 0 Å². The van der Waals surface area contributed by atoms with Crippen LogP contribution < -0.4 is 9.80 Å². The van der Waals surface area contributed by atoms with E-state index in [1.165, 1.54) is 37.1 Å². The summed E-state index contributed by atoms with van der Waals surface area (Å²) >= 11 is 0. The van der Waals surface area contributed by atoms with Crippen molar-refractivity contribution in [3.05, 3.63) is 59.7 Å². The van der Waals surface area contributed by atoms with Crippen LogP contribution in [0.15, 0.2) is 48.5 Å². The van der Waals surface area contributed by atoms with Crippen LogP contribution in [-0.2, 0) is 0 Å². The van der Waals surface area contributed by atoms with E-state index in [1.807, 2.05) is 24.3 Å². The van der Waals surface area contributed by atoms with Gasteiger partial charge in [0.1, 0.15) is 0 Å². The summed E-state index contributed by atoms with van der Waals surface area (Å²) in [7, 11) is 0. The molecule has 0 N–H and O–H groups in total. The maximum atomic E-state index is 13.0. The molecule has 164 valence electrons. The van der Waals surface area contributed by atoms with Crippen LogP contribution in [0.2, 0.25) is 0 Å². The van der Waals surface area contributed by atoms with Gasteiger partial charge in [0.15, 0.2) is 5.78 Å². The lowest BCUT2D eigenvalue weighted by molar-refractivity contribution is 0.103. The highest BCUT2D eigenvalue weighted by atomic mass is 16.1. The molecule has 3 nitrogen and oxygen atoms in total. The monoisotopic (exact) mass is 408 g/mol. The molecular formula is C27H40N2O. The van der Waals surface area contributed by atoms with Gasteiger partial charge in [-0.1, -0.05) is 40.5 Å². The average Bonchev–Trinajstić information content (AvgIpc) is 2.79. The van der Waals surface area contributed by atoms with Gasteiger partial charge in [0, 0.05) is 48.7 Å². The maximum absolute atomic E-state index is 13.0. The first-order valence-electron chi connectivity index (χ1n) is 11.9. The van der Waals surface area contributed by atoms with E-state index in [4.69, 9.17) is 0 Å². The molecule has 2 aromatic carbocycles. The highest BCUT2D eigenvalue weighted by Crippen LogP contribution is 2.21.